The molecule has 0 unspecified atom stereocenters. The van der Waals surface area contributed by atoms with Gasteiger partial charge in [0.05, 0.1) is 13.2 Å². The number of para-hydroxylation sites is 1. The van der Waals surface area contributed by atoms with E-state index >= 15 is 0 Å². The summed E-state index contributed by atoms with van der Waals surface area (Å²) in [7, 11) is 0. The summed E-state index contributed by atoms with van der Waals surface area (Å²) in [6, 6.07) is 26.0. The topological polar surface area (TPSA) is 87.7 Å². The zero-order valence-electron chi connectivity index (χ0n) is 21.8. The van der Waals surface area contributed by atoms with Crippen LogP contribution in [0.25, 0.3) is 0 Å². The van der Waals surface area contributed by atoms with Crippen molar-refractivity contribution in [3.8, 4) is 11.5 Å². The van der Waals surface area contributed by atoms with Crippen molar-refractivity contribution in [1.29, 1.82) is 0 Å². The summed E-state index contributed by atoms with van der Waals surface area (Å²) in [5.74, 6) is 3.22. The van der Waals surface area contributed by atoms with Crippen LogP contribution < -0.4 is 29.9 Å². The highest BCUT2D eigenvalue weighted by molar-refractivity contribution is 5.61. The largest absolute Gasteiger partial charge is 0.494 e. The molecule has 4 aromatic rings. The number of hydrogen-bond donors (Lipinski definition) is 2. The van der Waals surface area contributed by atoms with E-state index in [9.17, 15) is 0 Å². The first-order valence-corrected chi connectivity index (χ1v) is 13.0. The normalized spacial score (nSPS) is 13.2. The average Bonchev–Trinajstić information content (AvgIpc) is 2.96. The number of aromatic nitrogens is 3. The standard InChI is InChI=1S/C29H33N7O2/c1-3-37-25-14-10-22(11-15-25)30-27-32-28(31-23-12-16-26(17-13-23)38-4-2)34-29(33-27)36-20-18-35(19-21-36)24-8-6-5-7-9-24/h5-17H,3-4,18-21H2,1-2H3,(H2,30,31,32,33,34). The van der Waals surface area contributed by atoms with Gasteiger partial charge in [-0.25, -0.2) is 0 Å². The lowest BCUT2D eigenvalue weighted by molar-refractivity contribution is 0.340. The van der Waals surface area contributed by atoms with E-state index in [-0.39, 0.29) is 0 Å². The van der Waals surface area contributed by atoms with Crippen molar-refractivity contribution >= 4 is 34.9 Å². The van der Waals surface area contributed by atoms with Crippen LogP contribution in [0.4, 0.5) is 34.9 Å². The van der Waals surface area contributed by atoms with Crippen LogP contribution in [0, 0.1) is 0 Å². The number of ether oxygens (including phenoxy) is 2. The highest BCUT2D eigenvalue weighted by atomic mass is 16.5. The van der Waals surface area contributed by atoms with Gasteiger partial charge >= 0.3 is 0 Å². The van der Waals surface area contributed by atoms with Crippen molar-refractivity contribution in [2.45, 2.75) is 13.8 Å². The number of anilines is 6. The van der Waals surface area contributed by atoms with Crippen LogP contribution in [0.2, 0.25) is 0 Å². The van der Waals surface area contributed by atoms with Gasteiger partial charge in [0.15, 0.2) is 0 Å². The van der Waals surface area contributed by atoms with E-state index in [1.54, 1.807) is 0 Å². The Kier molecular flexibility index (Phi) is 8.03. The van der Waals surface area contributed by atoms with E-state index in [1.807, 2.05) is 68.4 Å². The van der Waals surface area contributed by atoms with Crippen LogP contribution in [0.1, 0.15) is 13.8 Å². The van der Waals surface area contributed by atoms with Crippen molar-refractivity contribution in [3.63, 3.8) is 0 Å². The summed E-state index contributed by atoms with van der Waals surface area (Å²) in [6.07, 6.45) is 0. The maximum Gasteiger partial charge on any atom is 0.233 e. The first kappa shape index (κ1) is 25.1. The minimum absolute atomic E-state index is 0.470. The Hall–Kier alpha value is -4.53. The van der Waals surface area contributed by atoms with Crippen LogP contribution in [0.15, 0.2) is 78.9 Å². The van der Waals surface area contributed by atoms with E-state index in [1.165, 1.54) is 5.69 Å². The van der Waals surface area contributed by atoms with E-state index in [4.69, 9.17) is 19.4 Å². The molecule has 0 spiro atoms. The van der Waals surface area contributed by atoms with Crippen LogP contribution in [0.5, 0.6) is 11.5 Å². The third-order valence-corrected chi connectivity index (χ3v) is 6.15. The van der Waals surface area contributed by atoms with Crippen molar-refractivity contribution in [2.24, 2.45) is 0 Å². The molecular formula is C29H33N7O2. The number of nitrogens with one attached hydrogen (secondary N) is 2. The van der Waals surface area contributed by atoms with Crippen LogP contribution in [-0.4, -0.2) is 54.3 Å². The Morgan fingerprint density at radius 3 is 1.55 bits per heavy atom. The lowest BCUT2D eigenvalue weighted by Gasteiger charge is -2.36. The molecule has 9 heteroatoms. The smallest absolute Gasteiger partial charge is 0.233 e. The molecule has 38 heavy (non-hydrogen) atoms. The van der Waals surface area contributed by atoms with Gasteiger partial charge in [-0.05, 0) is 74.5 Å². The van der Waals surface area contributed by atoms with Gasteiger partial charge in [0, 0.05) is 43.2 Å². The minimum atomic E-state index is 0.470. The van der Waals surface area contributed by atoms with E-state index < -0.39 is 0 Å². The molecule has 1 aliphatic rings. The van der Waals surface area contributed by atoms with Crippen molar-refractivity contribution in [2.75, 3.05) is 59.8 Å². The van der Waals surface area contributed by atoms with Gasteiger partial charge in [-0.15, -0.1) is 0 Å². The van der Waals surface area contributed by atoms with Gasteiger partial charge < -0.3 is 29.9 Å². The van der Waals surface area contributed by atoms with E-state index in [0.29, 0.717) is 31.1 Å². The van der Waals surface area contributed by atoms with Gasteiger partial charge in [0.25, 0.3) is 0 Å². The Balaban J connectivity index is 1.36. The third-order valence-electron chi connectivity index (χ3n) is 6.15. The molecule has 9 nitrogen and oxygen atoms in total. The predicted octanol–water partition coefficient (Wildman–Crippen LogP) is 5.48. The highest BCUT2D eigenvalue weighted by Crippen LogP contribution is 2.24. The van der Waals surface area contributed by atoms with Gasteiger partial charge in [-0.3, -0.25) is 0 Å². The number of nitrogens with zero attached hydrogens (tertiary/aromatic N) is 5. The predicted molar refractivity (Wildman–Crippen MR) is 152 cm³/mol. The molecule has 1 saturated heterocycles. The molecule has 0 saturated carbocycles. The first-order chi connectivity index (χ1) is 18.7. The molecule has 0 atom stereocenters. The molecule has 0 amide bonds. The highest BCUT2D eigenvalue weighted by Gasteiger charge is 2.21. The second-order valence-corrected chi connectivity index (χ2v) is 8.76. The zero-order chi connectivity index (χ0) is 26.2. The van der Waals surface area contributed by atoms with E-state index in [0.717, 1.165) is 49.1 Å². The second-order valence-electron chi connectivity index (χ2n) is 8.76. The molecule has 0 bridgehead atoms. The Labute approximate surface area is 223 Å². The fourth-order valence-electron chi connectivity index (χ4n) is 4.28. The molecule has 3 aromatic carbocycles. The molecule has 196 valence electrons. The number of piperazine rings is 1. The minimum Gasteiger partial charge on any atom is -0.494 e. The molecule has 1 fully saturated rings. The molecule has 0 aliphatic carbocycles. The zero-order valence-corrected chi connectivity index (χ0v) is 21.8. The van der Waals surface area contributed by atoms with Gasteiger partial charge in [0.2, 0.25) is 17.8 Å². The molecule has 5 rings (SSSR count). The number of hydrogen-bond acceptors (Lipinski definition) is 9. The van der Waals surface area contributed by atoms with Gasteiger partial charge in [0.1, 0.15) is 11.5 Å². The maximum atomic E-state index is 5.56. The first-order valence-electron chi connectivity index (χ1n) is 13.0. The summed E-state index contributed by atoms with van der Waals surface area (Å²) < 4.78 is 11.1. The lowest BCUT2D eigenvalue weighted by Crippen LogP contribution is -2.47. The van der Waals surface area contributed by atoms with Crippen molar-refractivity contribution in [3.05, 3.63) is 78.9 Å². The van der Waals surface area contributed by atoms with Crippen LogP contribution in [0.3, 0.4) is 0 Å². The molecule has 1 aliphatic heterocycles. The average molecular weight is 512 g/mol. The fraction of sp³-hybridized carbons (Fsp3) is 0.276. The SMILES string of the molecule is CCOc1ccc(Nc2nc(Nc3ccc(OCC)cc3)nc(N3CCN(c4ccccc4)CC3)n2)cc1. The third kappa shape index (κ3) is 6.42. The molecular weight excluding hydrogens is 478 g/mol. The molecule has 2 N–H and O–H groups in total. The summed E-state index contributed by atoms with van der Waals surface area (Å²) in [6.45, 7) is 8.59. The monoisotopic (exact) mass is 511 g/mol. The molecule has 0 radical (unpaired) electrons. The molecule has 1 aromatic heterocycles. The van der Waals surface area contributed by atoms with Crippen LogP contribution in [-0.2, 0) is 0 Å². The summed E-state index contributed by atoms with van der Waals surface area (Å²) in [5.41, 5.74) is 2.97. The van der Waals surface area contributed by atoms with Crippen molar-refractivity contribution in [1.82, 2.24) is 15.0 Å². The number of benzene rings is 3. The number of rotatable bonds is 10. The van der Waals surface area contributed by atoms with Crippen molar-refractivity contribution < 1.29 is 9.47 Å². The van der Waals surface area contributed by atoms with Crippen LogP contribution >= 0.6 is 0 Å². The Bertz CT molecular complexity index is 1220. The molecule has 2 heterocycles. The maximum absolute atomic E-state index is 5.56. The Morgan fingerprint density at radius 2 is 1.08 bits per heavy atom. The fourth-order valence-corrected chi connectivity index (χ4v) is 4.28. The quantitative estimate of drug-likeness (QED) is 0.287. The summed E-state index contributed by atoms with van der Waals surface area (Å²) in [4.78, 5) is 18.8. The van der Waals surface area contributed by atoms with Gasteiger partial charge in [-0.2, -0.15) is 15.0 Å². The summed E-state index contributed by atoms with van der Waals surface area (Å²) >= 11 is 0. The van der Waals surface area contributed by atoms with E-state index in [2.05, 4.69) is 49.7 Å². The summed E-state index contributed by atoms with van der Waals surface area (Å²) in [5, 5.41) is 6.65. The lowest BCUT2D eigenvalue weighted by atomic mass is 10.2. The Morgan fingerprint density at radius 1 is 0.605 bits per heavy atom. The second kappa shape index (κ2) is 12.1. The van der Waals surface area contributed by atoms with Gasteiger partial charge in [-0.1, -0.05) is 18.2 Å².